The summed E-state index contributed by atoms with van der Waals surface area (Å²) in [5.74, 6) is 0.568. The Morgan fingerprint density at radius 3 is 2.24 bits per heavy atom. The molecule has 1 saturated carbocycles. The number of amides is 2. The summed E-state index contributed by atoms with van der Waals surface area (Å²) >= 11 is 0. The number of anilines is 2. The Balaban J connectivity index is 2.30. The van der Waals surface area contributed by atoms with Crippen LogP contribution >= 0.6 is 0 Å². The normalized spacial score (nSPS) is 15.0. The molecule has 0 bridgehead atoms. The van der Waals surface area contributed by atoms with Crippen LogP contribution in [-0.2, 0) is 16.1 Å². The molecule has 0 radical (unpaired) electrons. The molecule has 2 amide bonds. The summed E-state index contributed by atoms with van der Waals surface area (Å²) < 4.78 is 0. The standard InChI is InChI=1S/C24H39N3O2/c1-7-17(4)27(24(29)18(8-2)9-3)16-20-15-21(13-14-22(20)26(5)6)25-23(28)19-11-10-12-19/h13-15,17-19H,7-12,16H2,1-6H3,(H,25,28). The predicted octanol–water partition coefficient (Wildman–Crippen LogP) is 5.05. The minimum absolute atomic E-state index is 0.0632. The van der Waals surface area contributed by atoms with E-state index >= 15 is 0 Å². The van der Waals surface area contributed by atoms with Gasteiger partial charge in [-0.3, -0.25) is 9.59 Å². The first-order valence-electron chi connectivity index (χ1n) is 11.2. The molecular weight excluding hydrogens is 362 g/mol. The van der Waals surface area contributed by atoms with Crippen molar-refractivity contribution in [2.45, 2.75) is 78.8 Å². The molecule has 1 aliphatic carbocycles. The summed E-state index contributed by atoms with van der Waals surface area (Å²) in [6, 6.07) is 6.22. The highest BCUT2D eigenvalue weighted by molar-refractivity contribution is 5.93. The van der Waals surface area contributed by atoms with Gasteiger partial charge in [-0.05, 0) is 62.8 Å². The third-order valence-corrected chi connectivity index (χ3v) is 6.39. The topological polar surface area (TPSA) is 52.7 Å². The third kappa shape index (κ3) is 5.74. The Morgan fingerprint density at radius 1 is 1.10 bits per heavy atom. The summed E-state index contributed by atoms with van der Waals surface area (Å²) in [4.78, 5) is 29.7. The molecule has 1 atom stereocenters. The first kappa shape index (κ1) is 23.2. The average Bonchev–Trinajstić information content (AvgIpc) is 2.64. The molecule has 0 saturated heterocycles. The summed E-state index contributed by atoms with van der Waals surface area (Å²) in [7, 11) is 4.03. The van der Waals surface area contributed by atoms with Gasteiger partial charge in [-0.25, -0.2) is 0 Å². The van der Waals surface area contributed by atoms with E-state index in [9.17, 15) is 9.59 Å². The van der Waals surface area contributed by atoms with Crippen LogP contribution in [0.1, 0.15) is 71.8 Å². The number of nitrogens with one attached hydrogen (secondary N) is 1. The second-order valence-corrected chi connectivity index (χ2v) is 8.59. The Labute approximate surface area is 176 Å². The maximum atomic E-state index is 13.2. The number of hydrogen-bond donors (Lipinski definition) is 1. The van der Waals surface area contributed by atoms with Crippen molar-refractivity contribution in [2.75, 3.05) is 24.3 Å². The van der Waals surface area contributed by atoms with Gasteiger partial charge in [0.15, 0.2) is 0 Å². The van der Waals surface area contributed by atoms with Crippen molar-refractivity contribution in [1.82, 2.24) is 4.90 Å². The van der Waals surface area contributed by atoms with E-state index in [0.29, 0.717) is 6.54 Å². The smallest absolute Gasteiger partial charge is 0.227 e. The fourth-order valence-corrected chi connectivity index (χ4v) is 3.87. The Morgan fingerprint density at radius 2 is 1.76 bits per heavy atom. The third-order valence-electron chi connectivity index (χ3n) is 6.39. The van der Waals surface area contributed by atoms with Crippen molar-refractivity contribution < 1.29 is 9.59 Å². The van der Waals surface area contributed by atoms with E-state index in [1.165, 1.54) is 0 Å². The first-order chi connectivity index (χ1) is 13.8. The predicted molar refractivity (Wildman–Crippen MR) is 121 cm³/mol. The molecule has 0 aliphatic heterocycles. The number of nitrogens with zero attached hydrogens (tertiary/aromatic N) is 2. The molecule has 1 N–H and O–H groups in total. The number of benzene rings is 1. The molecule has 1 aromatic rings. The number of rotatable bonds is 10. The summed E-state index contributed by atoms with van der Waals surface area (Å²) in [5, 5.41) is 3.08. The van der Waals surface area contributed by atoms with Gasteiger partial charge in [0.05, 0.1) is 0 Å². The second kappa shape index (κ2) is 10.7. The molecule has 5 nitrogen and oxygen atoms in total. The molecule has 1 unspecified atom stereocenters. The van der Waals surface area contributed by atoms with Crippen LogP contribution in [0, 0.1) is 11.8 Å². The van der Waals surface area contributed by atoms with E-state index in [0.717, 1.165) is 55.5 Å². The van der Waals surface area contributed by atoms with Crippen LogP contribution in [0.3, 0.4) is 0 Å². The van der Waals surface area contributed by atoms with Gasteiger partial charge in [-0.15, -0.1) is 0 Å². The zero-order valence-electron chi connectivity index (χ0n) is 19.1. The van der Waals surface area contributed by atoms with Gasteiger partial charge < -0.3 is 15.1 Å². The highest BCUT2D eigenvalue weighted by atomic mass is 16.2. The molecule has 0 spiro atoms. The van der Waals surface area contributed by atoms with Crippen molar-refractivity contribution in [3.8, 4) is 0 Å². The molecule has 0 heterocycles. The number of hydrogen-bond acceptors (Lipinski definition) is 3. The van der Waals surface area contributed by atoms with Crippen LogP contribution in [-0.4, -0.2) is 36.9 Å². The van der Waals surface area contributed by atoms with Crippen molar-refractivity contribution in [2.24, 2.45) is 11.8 Å². The summed E-state index contributed by atoms with van der Waals surface area (Å²) in [6.07, 6.45) is 5.76. The van der Waals surface area contributed by atoms with Crippen molar-refractivity contribution in [3.05, 3.63) is 23.8 Å². The van der Waals surface area contributed by atoms with Crippen LogP contribution in [0.2, 0.25) is 0 Å². The summed E-state index contributed by atoms with van der Waals surface area (Å²) in [6.45, 7) is 8.98. The maximum Gasteiger partial charge on any atom is 0.227 e. The molecule has 0 aromatic heterocycles. The van der Waals surface area contributed by atoms with Crippen LogP contribution in [0.4, 0.5) is 11.4 Å². The molecule has 1 aliphatic rings. The quantitative estimate of drug-likeness (QED) is 0.596. The molecule has 1 aromatic carbocycles. The molecule has 5 heteroatoms. The Hall–Kier alpha value is -2.04. The largest absolute Gasteiger partial charge is 0.377 e. The minimum Gasteiger partial charge on any atom is -0.377 e. The van der Waals surface area contributed by atoms with Gasteiger partial charge in [-0.2, -0.15) is 0 Å². The lowest BCUT2D eigenvalue weighted by Crippen LogP contribution is -2.41. The lowest BCUT2D eigenvalue weighted by atomic mass is 9.85. The van der Waals surface area contributed by atoms with Crippen molar-refractivity contribution in [3.63, 3.8) is 0 Å². The minimum atomic E-state index is 0.0632. The monoisotopic (exact) mass is 401 g/mol. The number of carbonyl (C=O) groups excluding carboxylic acids is 2. The van der Waals surface area contributed by atoms with E-state index in [2.05, 4.69) is 37.9 Å². The fraction of sp³-hybridized carbons (Fsp3) is 0.667. The van der Waals surface area contributed by atoms with Crippen molar-refractivity contribution in [1.29, 1.82) is 0 Å². The first-order valence-corrected chi connectivity index (χ1v) is 11.2. The Kier molecular flexibility index (Phi) is 8.54. The van der Waals surface area contributed by atoms with E-state index in [1.807, 2.05) is 37.2 Å². The highest BCUT2D eigenvalue weighted by Crippen LogP contribution is 2.30. The van der Waals surface area contributed by atoms with Gasteiger partial charge in [0.1, 0.15) is 0 Å². The van der Waals surface area contributed by atoms with Crippen LogP contribution in [0.15, 0.2) is 18.2 Å². The van der Waals surface area contributed by atoms with Gasteiger partial charge in [0.25, 0.3) is 0 Å². The second-order valence-electron chi connectivity index (χ2n) is 8.59. The van der Waals surface area contributed by atoms with E-state index in [4.69, 9.17) is 0 Å². The van der Waals surface area contributed by atoms with Gasteiger partial charge in [0, 0.05) is 49.9 Å². The van der Waals surface area contributed by atoms with E-state index in [1.54, 1.807) is 0 Å². The van der Waals surface area contributed by atoms with Gasteiger partial charge >= 0.3 is 0 Å². The maximum absolute atomic E-state index is 13.2. The SMILES string of the molecule is CCC(CC)C(=O)N(Cc1cc(NC(=O)C2CCC2)ccc1N(C)C)C(C)CC. The number of carbonyl (C=O) groups is 2. The lowest BCUT2D eigenvalue weighted by Gasteiger charge is -2.33. The molecule has 2 rings (SSSR count). The van der Waals surface area contributed by atoms with E-state index < -0.39 is 0 Å². The zero-order chi connectivity index (χ0) is 21.6. The van der Waals surface area contributed by atoms with Gasteiger partial charge in [-0.1, -0.05) is 27.2 Å². The van der Waals surface area contributed by atoms with E-state index in [-0.39, 0.29) is 29.7 Å². The van der Waals surface area contributed by atoms with Crippen LogP contribution < -0.4 is 10.2 Å². The highest BCUT2D eigenvalue weighted by Gasteiger charge is 2.27. The average molecular weight is 402 g/mol. The molecule has 1 fully saturated rings. The van der Waals surface area contributed by atoms with Gasteiger partial charge in [0.2, 0.25) is 11.8 Å². The molecule has 162 valence electrons. The fourth-order valence-electron chi connectivity index (χ4n) is 3.87. The molecule has 29 heavy (non-hydrogen) atoms. The molecular formula is C24H39N3O2. The lowest BCUT2D eigenvalue weighted by molar-refractivity contribution is -0.138. The van der Waals surface area contributed by atoms with Crippen LogP contribution in [0.5, 0.6) is 0 Å². The van der Waals surface area contributed by atoms with Crippen LogP contribution in [0.25, 0.3) is 0 Å². The Bertz CT molecular complexity index is 693. The summed E-state index contributed by atoms with van der Waals surface area (Å²) in [5.41, 5.74) is 2.97. The zero-order valence-corrected chi connectivity index (χ0v) is 19.1. The van der Waals surface area contributed by atoms with Crippen molar-refractivity contribution >= 4 is 23.2 Å².